The van der Waals surface area contributed by atoms with Gasteiger partial charge < -0.3 is 34.7 Å². The first-order chi connectivity index (χ1) is 23.1. The number of rotatable bonds is 16. The molecule has 12 nitrogen and oxygen atoms in total. The number of aliphatic imine (C=N–C) groups is 1. The lowest BCUT2D eigenvalue weighted by atomic mass is 10.0. The van der Waals surface area contributed by atoms with Gasteiger partial charge in [-0.2, -0.15) is 16.1 Å². The Bertz CT molecular complexity index is 1650. The van der Waals surface area contributed by atoms with Crippen LogP contribution in [0.3, 0.4) is 0 Å². The average molecular weight is 703 g/mol. The van der Waals surface area contributed by atoms with Gasteiger partial charge in [-0.25, -0.2) is 13.2 Å². The van der Waals surface area contributed by atoms with Gasteiger partial charge in [0, 0.05) is 42.5 Å². The van der Waals surface area contributed by atoms with E-state index >= 15 is 0 Å². The molecule has 2 aliphatic rings. The lowest BCUT2D eigenvalue weighted by molar-refractivity contribution is -0.0907. The number of benzene rings is 2. The smallest absolute Gasteiger partial charge is 0.407 e. The zero-order valence-corrected chi connectivity index (χ0v) is 29.2. The number of amides is 1. The molecule has 5 rings (SSSR count). The first-order valence-electron chi connectivity index (χ1n) is 16.4. The third kappa shape index (κ3) is 8.90. The second kappa shape index (κ2) is 16.5. The Hall–Kier alpha value is -3.14. The monoisotopic (exact) mass is 702 g/mol. The molecule has 2 unspecified atom stereocenters. The highest BCUT2D eigenvalue weighted by molar-refractivity contribution is 7.99. The van der Waals surface area contributed by atoms with Gasteiger partial charge in [0.15, 0.2) is 12.2 Å². The van der Waals surface area contributed by atoms with Crippen LogP contribution in [0.1, 0.15) is 38.3 Å². The van der Waals surface area contributed by atoms with Gasteiger partial charge in [0.25, 0.3) is 0 Å². The Kier molecular flexibility index (Phi) is 12.4. The number of carbonyl (C=O) groups excluding carboxylic acids is 1. The van der Waals surface area contributed by atoms with Crippen molar-refractivity contribution in [2.45, 2.75) is 63.0 Å². The minimum Gasteiger partial charge on any atom is -0.494 e. The van der Waals surface area contributed by atoms with Crippen LogP contribution in [-0.2, 0) is 30.7 Å². The van der Waals surface area contributed by atoms with E-state index in [0.717, 1.165) is 23.5 Å². The van der Waals surface area contributed by atoms with Crippen LogP contribution in [0, 0.1) is 11.8 Å². The second-order valence-electron chi connectivity index (χ2n) is 12.5. The molecular formula is C34H46N4O8S2. The number of thioether (sulfide) groups is 1. The SMILES string of the molecule is CCSCCN=Cc1c(O)[nH]c2ccc(S(=O)(=O)N(CC(C)C)C[C@@H](O)[C@H](Cc3ccccc3)NC(=O)O[C@H]3COC4OCCC43)cc12. The molecule has 4 N–H and O–H groups in total. The van der Waals surface area contributed by atoms with Crippen molar-refractivity contribution >= 4 is 45.0 Å². The number of H-pyrrole nitrogens is 1. The van der Waals surface area contributed by atoms with Gasteiger partial charge >= 0.3 is 6.09 Å². The molecule has 2 saturated heterocycles. The molecule has 0 saturated carbocycles. The number of hydrogen-bond acceptors (Lipinski definition) is 10. The molecule has 2 aromatic carbocycles. The van der Waals surface area contributed by atoms with E-state index in [4.69, 9.17) is 14.2 Å². The molecule has 3 aromatic rings. The van der Waals surface area contributed by atoms with E-state index in [1.807, 2.05) is 44.2 Å². The fourth-order valence-electron chi connectivity index (χ4n) is 6.07. The summed E-state index contributed by atoms with van der Waals surface area (Å²) in [4.78, 5) is 20.5. The minimum absolute atomic E-state index is 0.0135. The summed E-state index contributed by atoms with van der Waals surface area (Å²) in [6, 6.07) is 13.1. The fourth-order valence-corrected chi connectivity index (χ4v) is 8.24. The number of carbonyl (C=O) groups is 1. The van der Waals surface area contributed by atoms with Gasteiger partial charge in [0.05, 0.1) is 41.7 Å². The number of aromatic amines is 1. The molecule has 3 heterocycles. The van der Waals surface area contributed by atoms with Gasteiger partial charge in [0.2, 0.25) is 10.0 Å². The molecule has 0 aliphatic carbocycles. The molecule has 48 heavy (non-hydrogen) atoms. The van der Waals surface area contributed by atoms with Crippen molar-refractivity contribution in [3.05, 3.63) is 59.7 Å². The number of ether oxygens (including phenoxy) is 3. The van der Waals surface area contributed by atoms with Crippen molar-refractivity contribution in [1.82, 2.24) is 14.6 Å². The lowest BCUT2D eigenvalue weighted by Gasteiger charge is -2.31. The van der Waals surface area contributed by atoms with Crippen LogP contribution in [0.25, 0.3) is 10.9 Å². The van der Waals surface area contributed by atoms with Crippen LogP contribution in [-0.4, -0.2) is 109 Å². The van der Waals surface area contributed by atoms with Crippen LogP contribution in [0.5, 0.6) is 5.88 Å². The zero-order chi connectivity index (χ0) is 34.3. The number of aliphatic hydroxyl groups is 1. The van der Waals surface area contributed by atoms with Crippen molar-refractivity contribution in [2.75, 3.05) is 44.4 Å². The predicted octanol–water partition coefficient (Wildman–Crippen LogP) is 4.15. The van der Waals surface area contributed by atoms with Crippen molar-refractivity contribution in [3.63, 3.8) is 0 Å². The lowest BCUT2D eigenvalue weighted by Crippen LogP contribution is -2.51. The van der Waals surface area contributed by atoms with Crippen molar-refractivity contribution in [1.29, 1.82) is 0 Å². The Morgan fingerprint density at radius 1 is 1.21 bits per heavy atom. The number of aromatic nitrogens is 1. The quantitative estimate of drug-likeness (QED) is 0.127. The summed E-state index contributed by atoms with van der Waals surface area (Å²) >= 11 is 1.76. The highest BCUT2D eigenvalue weighted by Crippen LogP contribution is 2.33. The van der Waals surface area contributed by atoms with Crippen LogP contribution >= 0.6 is 11.8 Å². The number of aromatic hydroxyl groups is 1. The first kappa shape index (κ1) is 36.1. The maximum atomic E-state index is 14.2. The van der Waals surface area contributed by atoms with Crippen molar-refractivity contribution in [2.24, 2.45) is 16.8 Å². The van der Waals surface area contributed by atoms with E-state index in [2.05, 4.69) is 22.2 Å². The summed E-state index contributed by atoms with van der Waals surface area (Å²) in [6.07, 6.45) is -0.318. The molecule has 2 fully saturated rings. The molecule has 0 spiro atoms. The summed E-state index contributed by atoms with van der Waals surface area (Å²) in [6.45, 7) is 7.06. The Balaban J connectivity index is 1.36. The normalized spacial score (nSPS) is 20.9. The van der Waals surface area contributed by atoms with Crippen LogP contribution in [0.15, 0.2) is 58.4 Å². The van der Waals surface area contributed by atoms with Crippen LogP contribution in [0.2, 0.25) is 0 Å². The number of fused-ring (bicyclic) bond motifs is 2. The molecule has 0 bridgehead atoms. The summed E-state index contributed by atoms with van der Waals surface area (Å²) in [5, 5.41) is 25.5. The Morgan fingerprint density at radius 3 is 2.75 bits per heavy atom. The summed E-state index contributed by atoms with van der Waals surface area (Å²) in [5.74, 6) is 1.61. The topological polar surface area (TPSA) is 163 Å². The molecule has 262 valence electrons. The molecule has 5 atom stereocenters. The molecular weight excluding hydrogens is 657 g/mol. The highest BCUT2D eigenvalue weighted by Gasteiger charge is 2.44. The van der Waals surface area contributed by atoms with Crippen molar-refractivity contribution in [3.8, 4) is 5.88 Å². The molecule has 1 amide bonds. The van der Waals surface area contributed by atoms with E-state index < -0.39 is 34.4 Å². The second-order valence-corrected chi connectivity index (χ2v) is 15.9. The number of hydrogen-bond donors (Lipinski definition) is 4. The van der Waals surface area contributed by atoms with Gasteiger partial charge in [-0.05, 0) is 48.3 Å². The fraction of sp³-hybridized carbons (Fsp3) is 0.529. The highest BCUT2D eigenvalue weighted by atomic mass is 32.2. The number of sulfonamides is 1. The van der Waals surface area contributed by atoms with E-state index in [0.29, 0.717) is 29.6 Å². The van der Waals surface area contributed by atoms with E-state index in [9.17, 15) is 23.4 Å². The summed E-state index contributed by atoms with van der Waals surface area (Å²) < 4.78 is 46.5. The van der Waals surface area contributed by atoms with E-state index in [1.165, 1.54) is 16.4 Å². The number of nitrogens with one attached hydrogen (secondary N) is 2. The van der Waals surface area contributed by atoms with Gasteiger partial charge in [-0.15, -0.1) is 0 Å². The molecule has 14 heteroatoms. The largest absolute Gasteiger partial charge is 0.494 e. The summed E-state index contributed by atoms with van der Waals surface area (Å²) in [7, 11) is -4.13. The van der Waals surface area contributed by atoms with Gasteiger partial charge in [-0.1, -0.05) is 51.1 Å². The zero-order valence-electron chi connectivity index (χ0n) is 27.6. The Labute approximate surface area is 286 Å². The molecule has 0 radical (unpaired) electrons. The average Bonchev–Trinajstić information content (AvgIpc) is 3.76. The molecule has 2 aliphatic heterocycles. The van der Waals surface area contributed by atoms with Crippen LogP contribution in [0.4, 0.5) is 4.79 Å². The van der Waals surface area contributed by atoms with E-state index in [-0.39, 0.29) is 55.0 Å². The van der Waals surface area contributed by atoms with E-state index in [1.54, 1.807) is 24.0 Å². The maximum Gasteiger partial charge on any atom is 0.407 e. The van der Waals surface area contributed by atoms with Gasteiger partial charge in [0.1, 0.15) is 6.10 Å². The van der Waals surface area contributed by atoms with Gasteiger partial charge in [-0.3, -0.25) is 4.99 Å². The summed E-state index contributed by atoms with van der Waals surface area (Å²) in [5.41, 5.74) is 1.83. The number of nitrogens with zero attached hydrogens (tertiary/aromatic N) is 2. The third-order valence-corrected chi connectivity index (χ3v) is 11.2. The number of alkyl carbamates (subject to hydrolysis) is 1. The minimum atomic E-state index is -4.13. The van der Waals surface area contributed by atoms with Crippen molar-refractivity contribution < 1.29 is 37.6 Å². The first-order valence-corrected chi connectivity index (χ1v) is 19.0. The maximum absolute atomic E-state index is 14.2. The Morgan fingerprint density at radius 2 is 2.00 bits per heavy atom. The predicted molar refractivity (Wildman–Crippen MR) is 186 cm³/mol. The number of aliphatic hydroxyl groups excluding tert-OH is 1. The third-order valence-electron chi connectivity index (χ3n) is 8.49. The van der Waals surface area contributed by atoms with Crippen LogP contribution < -0.4 is 5.32 Å². The molecule has 1 aromatic heterocycles. The standard InChI is InChI=1S/C34H46N4O8S2/c1-4-47-15-13-35-18-27-26-17-24(10-11-28(26)36-32(27)40)48(42,43)38(19-22(2)3)20-30(39)29(16-23-8-6-5-7-9-23)37-34(41)46-31-21-45-33-25(31)12-14-44-33/h5-11,17-18,22,25,29-31,33,36,39-40H,4,12-16,19-21H2,1-3H3,(H,37,41)/t25?,29-,30+,31-,33?/m0/s1.